The first kappa shape index (κ1) is 8.46. The maximum atomic E-state index is 12.5. The highest BCUT2D eigenvalue weighted by Gasteiger charge is 2.07. The largest absolute Gasteiger partial charge is 0.495 e. The highest BCUT2D eigenvalue weighted by molar-refractivity contribution is 9.10. The highest BCUT2D eigenvalue weighted by Crippen LogP contribution is 2.26. The van der Waals surface area contributed by atoms with Crippen molar-refractivity contribution in [3.63, 3.8) is 0 Å². The molecule has 0 aliphatic rings. The molecule has 1 aromatic carbocycles. The quantitative estimate of drug-likeness (QED) is 0.665. The average molecular weight is 223 g/mol. The molecule has 0 fully saturated rings. The van der Waals surface area contributed by atoms with E-state index in [-0.39, 0.29) is 5.75 Å². The van der Waals surface area contributed by atoms with E-state index >= 15 is 0 Å². The van der Waals surface area contributed by atoms with Crippen LogP contribution < -0.4 is 4.74 Å². The summed E-state index contributed by atoms with van der Waals surface area (Å²) in [6, 6.07) is 2.01. The van der Waals surface area contributed by atoms with Crippen LogP contribution in [0.2, 0.25) is 0 Å². The Balaban J connectivity index is 3.21. The van der Waals surface area contributed by atoms with Crippen molar-refractivity contribution in [1.82, 2.24) is 0 Å². The van der Waals surface area contributed by atoms with Crippen molar-refractivity contribution in [2.75, 3.05) is 7.11 Å². The molecule has 0 heterocycles. The van der Waals surface area contributed by atoms with Crippen molar-refractivity contribution < 1.29 is 13.5 Å². The van der Waals surface area contributed by atoms with E-state index < -0.39 is 11.6 Å². The summed E-state index contributed by atoms with van der Waals surface area (Å²) in [5, 5.41) is 0. The van der Waals surface area contributed by atoms with E-state index in [9.17, 15) is 8.78 Å². The van der Waals surface area contributed by atoms with Gasteiger partial charge in [-0.2, -0.15) is 0 Å². The first-order valence-electron chi connectivity index (χ1n) is 2.83. The summed E-state index contributed by atoms with van der Waals surface area (Å²) in [4.78, 5) is 0. The summed E-state index contributed by atoms with van der Waals surface area (Å²) in [6.45, 7) is 0. The summed E-state index contributed by atoms with van der Waals surface area (Å²) < 4.78 is 30.0. The lowest BCUT2D eigenvalue weighted by Gasteiger charge is -2.02. The lowest BCUT2D eigenvalue weighted by atomic mass is 10.3. The first-order chi connectivity index (χ1) is 5.15. The van der Waals surface area contributed by atoms with Crippen LogP contribution in [-0.2, 0) is 0 Å². The SMILES string of the molecule is COc1cc(F)c(F)cc1Br. The van der Waals surface area contributed by atoms with E-state index in [0.717, 1.165) is 12.1 Å². The molecule has 60 valence electrons. The van der Waals surface area contributed by atoms with Crippen molar-refractivity contribution in [1.29, 1.82) is 0 Å². The van der Waals surface area contributed by atoms with Crippen molar-refractivity contribution in [3.05, 3.63) is 28.2 Å². The van der Waals surface area contributed by atoms with Gasteiger partial charge in [-0.3, -0.25) is 0 Å². The zero-order chi connectivity index (χ0) is 8.43. The Morgan fingerprint density at radius 1 is 1.27 bits per heavy atom. The van der Waals surface area contributed by atoms with Gasteiger partial charge in [-0.25, -0.2) is 8.78 Å². The van der Waals surface area contributed by atoms with Gasteiger partial charge in [0.15, 0.2) is 11.6 Å². The fourth-order valence-corrected chi connectivity index (χ4v) is 1.14. The van der Waals surface area contributed by atoms with Crippen LogP contribution in [0.25, 0.3) is 0 Å². The first-order valence-corrected chi connectivity index (χ1v) is 3.63. The number of benzene rings is 1. The Kier molecular flexibility index (Phi) is 2.44. The van der Waals surface area contributed by atoms with E-state index in [1.807, 2.05) is 0 Å². The average Bonchev–Trinajstić information content (AvgIpc) is 1.97. The fourth-order valence-electron chi connectivity index (χ4n) is 0.661. The van der Waals surface area contributed by atoms with Gasteiger partial charge in [0.1, 0.15) is 5.75 Å². The molecular formula is C7H5BrF2O. The number of rotatable bonds is 1. The number of methoxy groups -OCH3 is 1. The van der Waals surface area contributed by atoms with Gasteiger partial charge in [-0.15, -0.1) is 0 Å². The molecular weight excluding hydrogens is 218 g/mol. The molecule has 0 unspecified atom stereocenters. The second-order valence-corrected chi connectivity index (χ2v) is 2.76. The number of hydrogen-bond donors (Lipinski definition) is 0. The molecule has 0 radical (unpaired) electrons. The molecule has 4 heteroatoms. The predicted molar refractivity (Wildman–Crippen MR) is 40.6 cm³/mol. The second kappa shape index (κ2) is 3.17. The molecule has 0 saturated carbocycles. The predicted octanol–water partition coefficient (Wildman–Crippen LogP) is 2.74. The van der Waals surface area contributed by atoms with E-state index in [2.05, 4.69) is 15.9 Å². The van der Waals surface area contributed by atoms with Gasteiger partial charge in [0.2, 0.25) is 0 Å². The maximum absolute atomic E-state index is 12.5. The summed E-state index contributed by atoms with van der Waals surface area (Å²) in [5.74, 6) is -1.52. The summed E-state index contributed by atoms with van der Waals surface area (Å²) >= 11 is 3.01. The highest BCUT2D eigenvalue weighted by atomic mass is 79.9. The molecule has 0 atom stereocenters. The molecule has 11 heavy (non-hydrogen) atoms. The van der Waals surface area contributed by atoms with Gasteiger partial charge in [-0.1, -0.05) is 0 Å². The van der Waals surface area contributed by atoms with E-state index in [1.54, 1.807) is 0 Å². The van der Waals surface area contributed by atoms with Crippen LogP contribution in [0.15, 0.2) is 16.6 Å². The van der Waals surface area contributed by atoms with Gasteiger partial charge in [0, 0.05) is 6.07 Å². The fraction of sp³-hybridized carbons (Fsp3) is 0.143. The van der Waals surface area contributed by atoms with Crippen LogP contribution in [0, 0.1) is 11.6 Å². The molecule has 0 aromatic heterocycles. The zero-order valence-electron chi connectivity index (χ0n) is 5.70. The molecule has 0 amide bonds. The summed E-state index contributed by atoms with van der Waals surface area (Å²) in [7, 11) is 1.39. The Labute approximate surface area is 71.1 Å². The number of halogens is 3. The minimum atomic E-state index is -0.912. The minimum absolute atomic E-state index is 0.281. The summed E-state index contributed by atoms with van der Waals surface area (Å²) in [5.41, 5.74) is 0. The zero-order valence-corrected chi connectivity index (χ0v) is 7.28. The monoisotopic (exact) mass is 222 g/mol. The molecule has 0 spiro atoms. The topological polar surface area (TPSA) is 9.23 Å². The Bertz CT molecular complexity index is 275. The minimum Gasteiger partial charge on any atom is -0.495 e. The molecule has 0 saturated heterocycles. The molecule has 1 aromatic rings. The van der Waals surface area contributed by atoms with E-state index in [4.69, 9.17) is 4.74 Å². The Hall–Kier alpha value is -0.640. The molecule has 0 N–H and O–H groups in total. The molecule has 1 rings (SSSR count). The van der Waals surface area contributed by atoms with Gasteiger partial charge in [-0.05, 0) is 22.0 Å². The molecule has 0 bridgehead atoms. The number of hydrogen-bond acceptors (Lipinski definition) is 1. The van der Waals surface area contributed by atoms with Gasteiger partial charge in [0.25, 0.3) is 0 Å². The molecule has 0 aliphatic carbocycles. The van der Waals surface area contributed by atoms with Crippen molar-refractivity contribution >= 4 is 15.9 Å². The third kappa shape index (κ3) is 1.68. The molecule has 1 nitrogen and oxygen atoms in total. The van der Waals surface area contributed by atoms with Crippen LogP contribution in [0.1, 0.15) is 0 Å². The number of ether oxygens (including phenoxy) is 1. The Morgan fingerprint density at radius 2 is 1.82 bits per heavy atom. The van der Waals surface area contributed by atoms with Crippen LogP contribution in [0.3, 0.4) is 0 Å². The van der Waals surface area contributed by atoms with Gasteiger partial charge < -0.3 is 4.74 Å². The van der Waals surface area contributed by atoms with Crippen LogP contribution in [-0.4, -0.2) is 7.11 Å². The Morgan fingerprint density at radius 3 is 2.36 bits per heavy atom. The summed E-state index contributed by atoms with van der Waals surface area (Å²) in [6.07, 6.45) is 0. The van der Waals surface area contributed by atoms with Crippen LogP contribution >= 0.6 is 15.9 Å². The van der Waals surface area contributed by atoms with Crippen LogP contribution in [0.5, 0.6) is 5.75 Å². The third-order valence-electron chi connectivity index (χ3n) is 1.19. The van der Waals surface area contributed by atoms with E-state index in [0.29, 0.717) is 4.47 Å². The molecule has 0 aliphatic heterocycles. The lowest BCUT2D eigenvalue weighted by molar-refractivity contribution is 0.403. The normalized spacial score (nSPS) is 9.82. The smallest absolute Gasteiger partial charge is 0.162 e. The van der Waals surface area contributed by atoms with Crippen molar-refractivity contribution in [2.24, 2.45) is 0 Å². The van der Waals surface area contributed by atoms with Crippen molar-refractivity contribution in [3.8, 4) is 5.75 Å². The third-order valence-corrected chi connectivity index (χ3v) is 1.81. The second-order valence-electron chi connectivity index (χ2n) is 1.90. The van der Waals surface area contributed by atoms with Crippen LogP contribution in [0.4, 0.5) is 8.78 Å². The van der Waals surface area contributed by atoms with E-state index in [1.165, 1.54) is 7.11 Å². The lowest BCUT2D eigenvalue weighted by Crippen LogP contribution is -1.89. The van der Waals surface area contributed by atoms with Gasteiger partial charge in [0.05, 0.1) is 11.6 Å². The van der Waals surface area contributed by atoms with Gasteiger partial charge >= 0.3 is 0 Å². The van der Waals surface area contributed by atoms with Crippen molar-refractivity contribution in [2.45, 2.75) is 0 Å². The maximum Gasteiger partial charge on any atom is 0.162 e. The standard InChI is InChI=1S/C7H5BrF2O/c1-11-7-3-6(10)5(9)2-4(7)8/h2-3H,1H3.